The van der Waals surface area contributed by atoms with E-state index >= 15 is 0 Å². The second-order valence-corrected chi connectivity index (χ2v) is 35.7. The number of carbonyl (C=O) groups is 25. The molecule has 0 aromatic rings. The molecule has 0 aliphatic rings. The normalized spacial score (nSPS) is 15.7. The zero-order valence-corrected chi connectivity index (χ0v) is 83.3. The molecule has 20 amide bonds. The highest BCUT2D eigenvalue weighted by atomic mass is 16.4. The van der Waals surface area contributed by atoms with Gasteiger partial charge in [-0.05, 0) is 161 Å². The van der Waals surface area contributed by atoms with Gasteiger partial charge in [0.05, 0.1) is 50.5 Å². The summed E-state index contributed by atoms with van der Waals surface area (Å²) in [5.41, 5.74) is 33.2. The van der Waals surface area contributed by atoms with Crippen LogP contribution in [0.1, 0.15) is 210 Å². The van der Waals surface area contributed by atoms with E-state index in [1.165, 1.54) is 20.8 Å². The average molecular weight is 2090 g/mol. The van der Waals surface area contributed by atoms with Crippen molar-refractivity contribution in [2.45, 2.75) is 338 Å². The van der Waals surface area contributed by atoms with E-state index < -0.39 is 383 Å². The molecule has 0 heterocycles. The monoisotopic (exact) mass is 2090 g/mol. The number of nitrogens with two attached hydrogens (primary N) is 6. The standard InChI is InChI=1S/C87H150N24O35/c1-11-41(6)66(107-60(119)36-94-72(130)56(37-112)105-74(132)48(19-13-16-32-89)101-84(142)68(44(9)115)111-86(144)69(45(10)116)109-78(136)50(23-27-59(93)118)98-76(134)51(24-29-62(122)123)100-75(133)49(22-26-58(92)117)97-71(129)46(91)21-28-61(120)121)83(141)108-65(40(4)5)82(140)103-54(34-39(2)3)80(138)110-67(43(8)114)85(143)104-55(35-64(126)127)79(137)106-57(38-113)81(139)95-42(7)70(128)96-47(18-12-15-31-88)73(131)99-52(25-30-63(124)125)77(135)102-53(87(145)146)20-14-17-33-90/h39-57,65-69,112-116H,11-38,88-91H2,1-10H3,(H2,92,117)(H2,93,118)(H,94,130)(H,95,139)(H,96,128)(H,97,129)(H,98,134)(H,99,131)(H,100,133)(H,101,142)(H,102,135)(H,103,140)(H,104,143)(H,105,132)(H,106,137)(H,107,119)(H,108,141)(H,109,136)(H,110,138)(H,111,144)(H,120,121)(H,122,123)(H,124,125)(H,126,127)(H,145,146)/t41-,42-,43+,44+,45+,46-,47-,48-,49-,50-,51-,52-,53-,54-,55-,56-,57-,65-,66-,67-,68-,69-/m0/s1. The Kier molecular flexibility index (Phi) is 62.9. The van der Waals surface area contributed by atoms with Crippen molar-refractivity contribution in [2.75, 3.05) is 39.4 Å². The van der Waals surface area contributed by atoms with Crippen LogP contribution < -0.4 is 130 Å². The van der Waals surface area contributed by atoms with Crippen molar-refractivity contribution < 1.29 is 171 Å². The van der Waals surface area contributed by atoms with Gasteiger partial charge in [-0.15, -0.1) is 0 Å². The van der Waals surface area contributed by atoms with Gasteiger partial charge in [0.25, 0.3) is 0 Å². The van der Waals surface area contributed by atoms with Crippen molar-refractivity contribution in [2.24, 2.45) is 52.2 Å². The summed E-state index contributed by atoms with van der Waals surface area (Å²) >= 11 is 0. The van der Waals surface area contributed by atoms with Crippen LogP contribution in [-0.4, -0.2) is 366 Å². The first-order valence-electron chi connectivity index (χ1n) is 47.5. The average Bonchev–Trinajstić information content (AvgIpc) is 0.848. The number of carboxylic acids is 5. The summed E-state index contributed by atoms with van der Waals surface area (Å²) in [6, 6.07) is -32.2. The van der Waals surface area contributed by atoms with Gasteiger partial charge in [0, 0.05) is 32.1 Å². The molecule has 59 nitrogen and oxygen atoms in total. The van der Waals surface area contributed by atoms with Crippen molar-refractivity contribution in [1.29, 1.82) is 0 Å². The van der Waals surface area contributed by atoms with Gasteiger partial charge in [-0.1, -0.05) is 48.0 Å². The lowest BCUT2D eigenvalue weighted by Crippen LogP contribution is -2.63. The van der Waals surface area contributed by atoms with E-state index in [0.717, 1.165) is 27.7 Å². The summed E-state index contributed by atoms with van der Waals surface area (Å²) in [5, 5.41) is 142. The number of aliphatic hydroxyl groups excluding tert-OH is 5. The third-order valence-corrected chi connectivity index (χ3v) is 22.3. The molecule has 146 heavy (non-hydrogen) atoms. The molecule has 0 aliphatic carbocycles. The van der Waals surface area contributed by atoms with Crippen LogP contribution in [0.3, 0.4) is 0 Å². The van der Waals surface area contributed by atoms with Gasteiger partial charge in [0.15, 0.2) is 0 Å². The van der Waals surface area contributed by atoms with Crippen LogP contribution in [0.5, 0.6) is 0 Å². The van der Waals surface area contributed by atoms with Gasteiger partial charge < -0.3 is 181 Å². The van der Waals surface area contributed by atoms with Crippen LogP contribution >= 0.6 is 0 Å². The Bertz CT molecular complexity index is 4410. The van der Waals surface area contributed by atoms with Crippen molar-refractivity contribution in [3.05, 3.63) is 0 Å². The maximum absolute atomic E-state index is 14.4. The van der Waals surface area contributed by atoms with Gasteiger partial charge in [0.2, 0.25) is 118 Å². The summed E-state index contributed by atoms with van der Waals surface area (Å²) in [6.07, 6.45) is -12.4. The molecule has 0 aromatic carbocycles. The summed E-state index contributed by atoms with van der Waals surface area (Å²) < 4.78 is 0. The fourth-order valence-corrected chi connectivity index (χ4v) is 13.7. The van der Waals surface area contributed by atoms with E-state index in [1.54, 1.807) is 20.8 Å². The number of primary amides is 2. The van der Waals surface area contributed by atoms with Crippen molar-refractivity contribution in [3.63, 3.8) is 0 Å². The van der Waals surface area contributed by atoms with Gasteiger partial charge in [0.1, 0.15) is 103 Å². The number of carbonyl (C=O) groups excluding carboxylic acids is 20. The molecule has 0 aliphatic heterocycles. The summed E-state index contributed by atoms with van der Waals surface area (Å²) in [7, 11) is 0. The fourth-order valence-electron chi connectivity index (χ4n) is 13.7. The zero-order valence-electron chi connectivity index (χ0n) is 83.3. The quantitative estimate of drug-likeness (QED) is 0.0251. The molecule has 0 spiro atoms. The highest BCUT2D eigenvalue weighted by molar-refractivity contribution is 6.03. The van der Waals surface area contributed by atoms with Crippen LogP contribution in [0.4, 0.5) is 0 Å². The largest absolute Gasteiger partial charge is 0.481 e. The predicted molar refractivity (Wildman–Crippen MR) is 509 cm³/mol. The maximum Gasteiger partial charge on any atom is 0.326 e. The number of unbranched alkanes of at least 4 members (excludes halogenated alkanes) is 3. The number of aliphatic carboxylic acids is 5. The predicted octanol–water partition coefficient (Wildman–Crippen LogP) is -13.4. The van der Waals surface area contributed by atoms with Crippen molar-refractivity contribution in [3.8, 4) is 0 Å². The SMILES string of the molecule is CC[C@H](C)[C@H](NC(=O)CNC(=O)[C@H](CO)NC(=O)[C@H](CCCCN)NC(=O)[C@@H](NC(=O)[C@@H](NC(=O)[C@H](CCC(N)=O)NC(=O)[C@H](CCC(=O)O)NC(=O)[C@H](CCC(N)=O)NC(=O)[C@@H](N)CCC(=O)O)[C@@H](C)O)[C@@H](C)O)C(=O)N[C@H](C(=O)N[C@@H](CC(C)C)C(=O)N[C@H](C(=O)N[C@@H](CC(=O)O)C(=O)N[C@@H](CO)C(=O)N[C@@H](C)C(=O)N[C@@H](CCCCN)C(=O)N[C@@H](CCC(=O)O)C(=O)N[C@@H](CCCCN)C(=O)O)[C@@H](C)O)C(C)C. The highest BCUT2D eigenvalue weighted by Crippen LogP contribution is 2.17. The van der Waals surface area contributed by atoms with Gasteiger partial charge in [-0.2, -0.15) is 0 Å². The van der Waals surface area contributed by atoms with E-state index in [0.29, 0.717) is 12.8 Å². The van der Waals surface area contributed by atoms with Crippen molar-refractivity contribution in [1.82, 2.24) is 95.7 Å². The summed E-state index contributed by atoms with van der Waals surface area (Å²) in [5.74, 6) is -33.5. The smallest absolute Gasteiger partial charge is 0.326 e. The molecule has 59 heteroatoms. The Morgan fingerprint density at radius 1 is 0.281 bits per heavy atom. The molecule has 0 aromatic heterocycles. The summed E-state index contributed by atoms with van der Waals surface area (Å²) in [4.78, 5) is 332. The third kappa shape index (κ3) is 51.7. The fraction of sp³-hybridized carbons (Fsp3) is 0.713. The molecule has 0 unspecified atom stereocenters. The highest BCUT2D eigenvalue weighted by Gasteiger charge is 2.43. The van der Waals surface area contributed by atoms with Gasteiger partial charge in [-0.25, -0.2) is 4.79 Å². The second kappa shape index (κ2) is 69.4. The van der Waals surface area contributed by atoms with Crippen LogP contribution in [0.15, 0.2) is 0 Å². The molecule has 40 N–H and O–H groups in total. The molecular weight excluding hydrogens is 1940 g/mol. The number of nitrogens with one attached hydrogen (secondary N) is 18. The second-order valence-electron chi connectivity index (χ2n) is 35.7. The van der Waals surface area contributed by atoms with Crippen LogP contribution in [0.2, 0.25) is 0 Å². The zero-order chi connectivity index (χ0) is 112. The Hall–Kier alpha value is -13.6. The Morgan fingerprint density at radius 3 is 0.932 bits per heavy atom. The van der Waals surface area contributed by atoms with E-state index in [-0.39, 0.29) is 77.4 Å². The van der Waals surface area contributed by atoms with Crippen LogP contribution in [0, 0.1) is 17.8 Å². The Labute approximate surface area is 840 Å². The number of amides is 20. The minimum absolute atomic E-state index is 0.0352. The molecule has 0 fully saturated rings. The van der Waals surface area contributed by atoms with Crippen LogP contribution in [-0.2, 0) is 120 Å². The third-order valence-electron chi connectivity index (χ3n) is 22.3. The van der Waals surface area contributed by atoms with Gasteiger partial charge >= 0.3 is 29.8 Å². The maximum atomic E-state index is 14.4. The molecule has 0 bridgehead atoms. The molecule has 0 radical (unpaired) electrons. The molecule has 828 valence electrons. The van der Waals surface area contributed by atoms with E-state index in [4.69, 9.17) is 39.5 Å². The lowest BCUT2D eigenvalue weighted by molar-refractivity contribution is -0.143. The Balaban J connectivity index is 6.80. The van der Waals surface area contributed by atoms with Crippen LogP contribution in [0.25, 0.3) is 0 Å². The first-order chi connectivity index (χ1) is 68.3. The van der Waals surface area contributed by atoms with Gasteiger partial charge in [-0.3, -0.25) is 115 Å². The number of aliphatic hydroxyl groups is 5. The van der Waals surface area contributed by atoms with E-state index in [9.17, 15) is 166 Å². The minimum atomic E-state index is -2.18. The molecule has 22 atom stereocenters. The number of carboxylic acid groups (broad SMARTS) is 5. The first kappa shape index (κ1) is 132. The molecule has 0 rings (SSSR count). The lowest BCUT2D eigenvalue weighted by atomic mass is 9.96. The minimum Gasteiger partial charge on any atom is -0.481 e. The number of rotatable bonds is 76. The first-order valence-corrected chi connectivity index (χ1v) is 47.5. The van der Waals surface area contributed by atoms with E-state index in [2.05, 4.69) is 90.4 Å². The Morgan fingerprint density at radius 2 is 0.568 bits per heavy atom. The molecular formula is C87H150N24O35. The molecule has 0 saturated carbocycles. The number of hydrogen-bond donors (Lipinski definition) is 34. The van der Waals surface area contributed by atoms with Crippen molar-refractivity contribution >= 4 is 148 Å². The molecule has 0 saturated heterocycles. The summed E-state index contributed by atoms with van der Waals surface area (Å²) in [6.45, 7) is 10.3. The number of hydrogen-bond acceptors (Lipinski definition) is 34. The lowest BCUT2D eigenvalue weighted by Gasteiger charge is -2.30. The van der Waals surface area contributed by atoms with E-state index in [1.807, 2.05) is 5.32 Å². The topological polar surface area (TPSA) is 1000 Å².